The van der Waals surface area contributed by atoms with Gasteiger partial charge in [-0.2, -0.15) is 0 Å². The Bertz CT molecular complexity index is 871. The molecule has 1 atom stereocenters. The first-order chi connectivity index (χ1) is 12.6. The van der Waals surface area contributed by atoms with E-state index in [9.17, 15) is 4.79 Å². The molecule has 4 heteroatoms. The summed E-state index contributed by atoms with van der Waals surface area (Å²) in [5.41, 5.74) is 2.35. The molecule has 3 rings (SSSR count). The van der Waals surface area contributed by atoms with Crippen LogP contribution in [0.15, 0.2) is 60.9 Å². The molecule has 3 nitrogen and oxygen atoms in total. The monoisotopic (exact) mass is 366 g/mol. The fourth-order valence-corrected chi connectivity index (χ4v) is 3.22. The average molecular weight is 367 g/mol. The average Bonchev–Trinajstić information content (AvgIpc) is 2.66. The van der Waals surface area contributed by atoms with Crippen molar-refractivity contribution in [2.24, 2.45) is 5.92 Å². The molecule has 0 saturated carbocycles. The molecule has 0 radical (unpaired) electrons. The van der Waals surface area contributed by atoms with E-state index in [-0.39, 0.29) is 11.8 Å². The van der Waals surface area contributed by atoms with E-state index in [1.165, 1.54) is 10.9 Å². The zero-order valence-electron chi connectivity index (χ0n) is 14.9. The predicted molar refractivity (Wildman–Crippen MR) is 107 cm³/mol. The number of hydrogen-bond donors (Lipinski definition) is 1. The molecule has 26 heavy (non-hydrogen) atoms. The third-order valence-corrected chi connectivity index (χ3v) is 4.83. The Morgan fingerprint density at radius 2 is 1.88 bits per heavy atom. The summed E-state index contributed by atoms with van der Waals surface area (Å²) < 4.78 is 0. The van der Waals surface area contributed by atoms with E-state index in [1.54, 1.807) is 0 Å². The number of nitrogens with one attached hydrogen (secondary N) is 1. The molecule has 1 aromatic heterocycles. The van der Waals surface area contributed by atoms with E-state index < -0.39 is 0 Å². The van der Waals surface area contributed by atoms with Gasteiger partial charge < -0.3 is 5.32 Å². The van der Waals surface area contributed by atoms with Crippen LogP contribution in [0, 0.1) is 5.92 Å². The van der Waals surface area contributed by atoms with E-state index in [1.807, 2.05) is 61.8 Å². The fraction of sp³-hybridized carbons (Fsp3) is 0.273. The number of amides is 1. The molecule has 0 saturated heterocycles. The standard InChI is InChI=1S/C22H23ClN2O/c1-16(13-19-15-24-14-18-6-2-3-7-21(18)19)22(26)25-12-4-5-17-8-10-20(23)11-9-17/h2-3,6-11,14-16H,4-5,12-13H2,1H3,(H,25,26). The fourth-order valence-electron chi connectivity index (χ4n) is 3.09. The van der Waals surface area contributed by atoms with Gasteiger partial charge in [-0.25, -0.2) is 0 Å². The molecule has 0 fully saturated rings. The van der Waals surface area contributed by atoms with Crippen molar-refractivity contribution in [1.82, 2.24) is 10.3 Å². The van der Waals surface area contributed by atoms with Gasteiger partial charge >= 0.3 is 0 Å². The van der Waals surface area contributed by atoms with E-state index in [2.05, 4.69) is 16.4 Å². The number of carbonyl (C=O) groups excluding carboxylic acids is 1. The summed E-state index contributed by atoms with van der Waals surface area (Å²) in [5.74, 6) is 0.00665. The zero-order valence-corrected chi connectivity index (χ0v) is 15.7. The summed E-state index contributed by atoms with van der Waals surface area (Å²) in [5, 5.41) is 6.08. The topological polar surface area (TPSA) is 42.0 Å². The number of fused-ring (bicyclic) bond motifs is 1. The molecule has 1 heterocycles. The van der Waals surface area contributed by atoms with Gasteiger partial charge in [0.1, 0.15) is 0 Å². The second-order valence-electron chi connectivity index (χ2n) is 6.65. The molecule has 0 bridgehead atoms. The largest absolute Gasteiger partial charge is 0.356 e. The number of hydrogen-bond acceptors (Lipinski definition) is 2. The van der Waals surface area contributed by atoms with Crippen LogP contribution in [0.2, 0.25) is 5.02 Å². The number of aromatic nitrogens is 1. The van der Waals surface area contributed by atoms with Crippen molar-refractivity contribution in [3.8, 4) is 0 Å². The highest BCUT2D eigenvalue weighted by Crippen LogP contribution is 2.20. The minimum Gasteiger partial charge on any atom is -0.356 e. The van der Waals surface area contributed by atoms with E-state index >= 15 is 0 Å². The SMILES string of the molecule is CC(Cc1cncc2ccccc12)C(=O)NCCCc1ccc(Cl)cc1. The van der Waals surface area contributed by atoms with Crippen LogP contribution in [0.1, 0.15) is 24.5 Å². The lowest BCUT2D eigenvalue weighted by Gasteiger charge is -2.13. The van der Waals surface area contributed by atoms with Crippen LogP contribution in [-0.4, -0.2) is 17.4 Å². The normalized spacial score (nSPS) is 12.1. The Morgan fingerprint density at radius 3 is 2.69 bits per heavy atom. The molecule has 3 aromatic rings. The molecule has 0 spiro atoms. The van der Waals surface area contributed by atoms with Gasteiger partial charge in [0.2, 0.25) is 5.91 Å². The van der Waals surface area contributed by atoms with Crippen LogP contribution in [0.5, 0.6) is 0 Å². The predicted octanol–water partition coefficient (Wildman–Crippen LogP) is 4.82. The lowest BCUT2D eigenvalue weighted by molar-refractivity contribution is -0.124. The van der Waals surface area contributed by atoms with Crippen LogP contribution in [0.4, 0.5) is 0 Å². The maximum absolute atomic E-state index is 12.4. The van der Waals surface area contributed by atoms with Gasteiger partial charge in [-0.05, 0) is 47.9 Å². The molecular weight excluding hydrogens is 344 g/mol. The molecule has 134 valence electrons. The second-order valence-corrected chi connectivity index (χ2v) is 7.08. The highest BCUT2D eigenvalue weighted by molar-refractivity contribution is 6.30. The van der Waals surface area contributed by atoms with Crippen molar-refractivity contribution in [3.05, 3.63) is 77.1 Å². The summed E-state index contributed by atoms with van der Waals surface area (Å²) in [6, 6.07) is 16.0. The molecule has 2 aromatic carbocycles. The van der Waals surface area contributed by atoms with Gasteiger partial charge in [0.25, 0.3) is 0 Å². The third kappa shape index (κ3) is 4.83. The van der Waals surface area contributed by atoms with Crippen LogP contribution in [0.3, 0.4) is 0 Å². The van der Waals surface area contributed by atoms with Gasteiger partial charge in [-0.15, -0.1) is 0 Å². The molecular formula is C22H23ClN2O. The number of carbonyl (C=O) groups is 1. The lowest BCUT2D eigenvalue weighted by atomic mass is 9.97. The van der Waals surface area contributed by atoms with Gasteiger partial charge in [0.05, 0.1) is 0 Å². The van der Waals surface area contributed by atoms with Crippen molar-refractivity contribution >= 4 is 28.3 Å². The van der Waals surface area contributed by atoms with Gasteiger partial charge in [0, 0.05) is 35.3 Å². The number of pyridine rings is 1. The summed E-state index contributed by atoms with van der Waals surface area (Å²) in [4.78, 5) is 16.7. The van der Waals surface area contributed by atoms with E-state index in [4.69, 9.17) is 11.6 Å². The van der Waals surface area contributed by atoms with Crippen LogP contribution >= 0.6 is 11.6 Å². The lowest BCUT2D eigenvalue weighted by Crippen LogP contribution is -2.31. The molecule has 0 aliphatic carbocycles. The molecule has 0 aliphatic rings. The minimum atomic E-state index is -0.0851. The highest BCUT2D eigenvalue weighted by Gasteiger charge is 2.14. The molecule has 1 N–H and O–H groups in total. The van der Waals surface area contributed by atoms with Crippen molar-refractivity contribution in [1.29, 1.82) is 0 Å². The highest BCUT2D eigenvalue weighted by atomic mass is 35.5. The van der Waals surface area contributed by atoms with Crippen molar-refractivity contribution in [2.75, 3.05) is 6.54 Å². The Kier molecular flexibility index (Phi) is 6.24. The van der Waals surface area contributed by atoms with Crippen molar-refractivity contribution in [2.45, 2.75) is 26.2 Å². The van der Waals surface area contributed by atoms with Crippen molar-refractivity contribution in [3.63, 3.8) is 0 Å². The molecule has 0 aliphatic heterocycles. The Hall–Kier alpha value is -2.39. The number of benzene rings is 2. The zero-order chi connectivity index (χ0) is 18.4. The smallest absolute Gasteiger partial charge is 0.223 e. The Morgan fingerprint density at radius 1 is 1.12 bits per heavy atom. The number of halogens is 1. The van der Waals surface area contributed by atoms with Gasteiger partial charge in [0.15, 0.2) is 0 Å². The molecule has 1 unspecified atom stereocenters. The maximum Gasteiger partial charge on any atom is 0.223 e. The second kappa shape index (κ2) is 8.81. The first-order valence-corrected chi connectivity index (χ1v) is 9.35. The summed E-state index contributed by atoms with van der Waals surface area (Å²) in [7, 11) is 0. The van der Waals surface area contributed by atoms with Crippen LogP contribution in [0.25, 0.3) is 10.8 Å². The summed E-state index contributed by atoms with van der Waals surface area (Å²) in [6.07, 6.45) is 6.26. The quantitative estimate of drug-likeness (QED) is 0.609. The summed E-state index contributed by atoms with van der Waals surface area (Å²) >= 11 is 5.89. The van der Waals surface area contributed by atoms with E-state index in [0.717, 1.165) is 28.8 Å². The van der Waals surface area contributed by atoms with Gasteiger partial charge in [-0.3, -0.25) is 9.78 Å². The van der Waals surface area contributed by atoms with Crippen LogP contribution in [-0.2, 0) is 17.6 Å². The third-order valence-electron chi connectivity index (χ3n) is 4.58. The number of aryl methyl sites for hydroxylation is 1. The number of rotatable bonds is 7. The van der Waals surface area contributed by atoms with Crippen molar-refractivity contribution < 1.29 is 4.79 Å². The van der Waals surface area contributed by atoms with Gasteiger partial charge in [-0.1, -0.05) is 54.9 Å². The first-order valence-electron chi connectivity index (χ1n) is 8.97. The Balaban J connectivity index is 1.49. The Labute approximate surface area is 159 Å². The maximum atomic E-state index is 12.4. The van der Waals surface area contributed by atoms with E-state index in [0.29, 0.717) is 13.0 Å². The van der Waals surface area contributed by atoms with Crippen LogP contribution < -0.4 is 5.32 Å². The molecule has 1 amide bonds. The number of nitrogens with zero attached hydrogens (tertiary/aromatic N) is 1. The first kappa shape index (κ1) is 18.4. The summed E-state index contributed by atoms with van der Waals surface area (Å²) in [6.45, 7) is 2.65. The minimum absolute atomic E-state index is 0.0851.